The summed E-state index contributed by atoms with van der Waals surface area (Å²) in [6, 6.07) is 13.7. The summed E-state index contributed by atoms with van der Waals surface area (Å²) in [5, 5.41) is 14.8. The second kappa shape index (κ2) is 8.24. The number of hydrogen-bond donors (Lipinski definition) is 2. The maximum Gasteiger partial charge on any atom is 0.258 e. The van der Waals surface area contributed by atoms with E-state index < -0.39 is 17.8 Å². The number of nitrogens with one attached hydrogen (secondary N) is 1. The summed E-state index contributed by atoms with van der Waals surface area (Å²) < 4.78 is 18.5. The van der Waals surface area contributed by atoms with Crippen LogP contribution in [0.15, 0.2) is 53.9 Å². The van der Waals surface area contributed by atoms with Crippen molar-refractivity contribution in [1.29, 1.82) is 0 Å². The van der Waals surface area contributed by atoms with Crippen molar-refractivity contribution in [3.63, 3.8) is 0 Å². The van der Waals surface area contributed by atoms with Crippen LogP contribution in [0.5, 0.6) is 5.75 Å². The maximum atomic E-state index is 13.4. The van der Waals surface area contributed by atoms with E-state index in [-0.39, 0.29) is 18.9 Å². The topological polar surface area (TPSA) is 58.6 Å². The fourth-order valence-corrected chi connectivity index (χ4v) is 3.98. The molecule has 0 saturated carbocycles. The number of amides is 1. The highest BCUT2D eigenvalue weighted by molar-refractivity contribution is 7.21. The van der Waals surface area contributed by atoms with E-state index in [0.717, 1.165) is 14.6 Å². The Morgan fingerprint density at radius 1 is 1.16 bits per heavy atom. The number of thiophene rings is 2. The zero-order chi connectivity index (χ0) is 17.6. The van der Waals surface area contributed by atoms with Gasteiger partial charge in [0.2, 0.25) is 0 Å². The maximum absolute atomic E-state index is 13.4. The molecule has 3 rings (SSSR count). The van der Waals surface area contributed by atoms with E-state index in [1.807, 2.05) is 29.6 Å². The predicted octanol–water partition coefficient (Wildman–Crippen LogP) is 3.84. The quantitative estimate of drug-likeness (QED) is 0.658. The fraction of sp³-hybridized carbons (Fsp3) is 0.167. The standard InChI is InChI=1S/C18H16FNO3S2/c19-12-4-1-2-5-14(12)23-11-18(22)20-10-13(21)15-7-8-17(25-15)16-6-3-9-24-16/h1-9,13,21H,10-11H2,(H,20,22)/t13-/m1/s1. The van der Waals surface area contributed by atoms with Gasteiger partial charge in [-0.1, -0.05) is 18.2 Å². The molecule has 4 nitrogen and oxygen atoms in total. The van der Waals surface area contributed by atoms with Crippen molar-refractivity contribution in [2.45, 2.75) is 6.10 Å². The number of aliphatic hydroxyl groups excluding tert-OH is 1. The van der Waals surface area contributed by atoms with E-state index in [1.165, 1.54) is 23.5 Å². The minimum atomic E-state index is -0.795. The van der Waals surface area contributed by atoms with Gasteiger partial charge in [-0.25, -0.2) is 4.39 Å². The van der Waals surface area contributed by atoms with E-state index >= 15 is 0 Å². The van der Waals surface area contributed by atoms with Gasteiger partial charge in [-0.05, 0) is 35.7 Å². The van der Waals surface area contributed by atoms with Crippen LogP contribution in [0.1, 0.15) is 11.0 Å². The van der Waals surface area contributed by atoms with Crippen LogP contribution >= 0.6 is 22.7 Å². The van der Waals surface area contributed by atoms with Crippen molar-refractivity contribution < 1.29 is 19.0 Å². The fourth-order valence-electron chi connectivity index (χ4n) is 2.15. The SMILES string of the molecule is O=C(COc1ccccc1F)NC[C@@H](O)c1ccc(-c2cccs2)s1. The summed E-state index contributed by atoms with van der Waals surface area (Å²) in [6.07, 6.45) is -0.795. The molecule has 0 fully saturated rings. The van der Waals surface area contributed by atoms with Crippen LogP contribution in [0.2, 0.25) is 0 Å². The number of aliphatic hydroxyl groups is 1. The molecule has 0 spiro atoms. The van der Waals surface area contributed by atoms with Gasteiger partial charge in [0.05, 0.1) is 0 Å². The van der Waals surface area contributed by atoms with Crippen LogP contribution in [0.3, 0.4) is 0 Å². The van der Waals surface area contributed by atoms with Gasteiger partial charge in [-0.3, -0.25) is 4.79 Å². The molecule has 7 heteroatoms. The molecule has 0 bridgehead atoms. The van der Waals surface area contributed by atoms with Crippen molar-refractivity contribution in [2.24, 2.45) is 0 Å². The number of benzene rings is 1. The Kier molecular flexibility index (Phi) is 5.80. The lowest BCUT2D eigenvalue weighted by atomic mass is 10.3. The second-order valence-corrected chi connectivity index (χ2v) is 7.28. The number of carbonyl (C=O) groups is 1. The minimum absolute atomic E-state index is 0.0250. The van der Waals surface area contributed by atoms with E-state index in [2.05, 4.69) is 5.32 Å². The molecular formula is C18H16FNO3S2. The van der Waals surface area contributed by atoms with Crippen LogP contribution in [-0.4, -0.2) is 24.2 Å². The average molecular weight is 377 g/mol. The molecule has 25 heavy (non-hydrogen) atoms. The summed E-state index contributed by atoms with van der Waals surface area (Å²) in [5.41, 5.74) is 0. The van der Waals surface area contributed by atoms with Crippen LogP contribution in [-0.2, 0) is 4.79 Å². The Morgan fingerprint density at radius 2 is 2.00 bits per heavy atom. The van der Waals surface area contributed by atoms with Gasteiger partial charge in [0.25, 0.3) is 5.91 Å². The van der Waals surface area contributed by atoms with Gasteiger partial charge >= 0.3 is 0 Å². The lowest BCUT2D eigenvalue weighted by Gasteiger charge is -2.11. The smallest absolute Gasteiger partial charge is 0.258 e. The van der Waals surface area contributed by atoms with E-state index in [0.29, 0.717) is 0 Å². The van der Waals surface area contributed by atoms with Crippen molar-refractivity contribution >= 4 is 28.6 Å². The van der Waals surface area contributed by atoms with E-state index in [4.69, 9.17) is 4.74 Å². The number of halogens is 1. The molecule has 1 aromatic carbocycles. The van der Waals surface area contributed by atoms with Crippen molar-refractivity contribution in [2.75, 3.05) is 13.2 Å². The summed E-state index contributed by atoms with van der Waals surface area (Å²) in [4.78, 5) is 14.8. The lowest BCUT2D eigenvalue weighted by molar-refractivity contribution is -0.123. The van der Waals surface area contributed by atoms with Crippen molar-refractivity contribution in [3.05, 3.63) is 64.6 Å². The summed E-state index contributed by atoms with van der Waals surface area (Å²) in [5.74, 6) is -0.913. The monoisotopic (exact) mass is 377 g/mol. The zero-order valence-electron chi connectivity index (χ0n) is 13.1. The zero-order valence-corrected chi connectivity index (χ0v) is 14.8. The first-order valence-electron chi connectivity index (χ1n) is 7.59. The number of hydrogen-bond acceptors (Lipinski definition) is 5. The molecular weight excluding hydrogens is 361 g/mol. The molecule has 0 unspecified atom stereocenters. The van der Waals surface area contributed by atoms with Gasteiger partial charge < -0.3 is 15.2 Å². The molecule has 3 aromatic rings. The van der Waals surface area contributed by atoms with Crippen LogP contribution in [0.25, 0.3) is 9.75 Å². The largest absolute Gasteiger partial charge is 0.481 e. The van der Waals surface area contributed by atoms with E-state index in [1.54, 1.807) is 23.5 Å². The predicted molar refractivity (Wildman–Crippen MR) is 97.5 cm³/mol. The summed E-state index contributed by atoms with van der Waals surface area (Å²) >= 11 is 3.13. The number of carbonyl (C=O) groups excluding carboxylic acids is 1. The molecule has 1 atom stereocenters. The van der Waals surface area contributed by atoms with Gasteiger partial charge in [-0.15, -0.1) is 22.7 Å². The Hall–Kier alpha value is -2.22. The third kappa shape index (κ3) is 4.66. The minimum Gasteiger partial charge on any atom is -0.481 e. The molecule has 1 amide bonds. The van der Waals surface area contributed by atoms with Crippen LogP contribution in [0.4, 0.5) is 4.39 Å². The second-order valence-electron chi connectivity index (χ2n) is 5.22. The Morgan fingerprint density at radius 3 is 2.76 bits per heavy atom. The molecule has 2 aromatic heterocycles. The number of rotatable bonds is 7. The van der Waals surface area contributed by atoms with Crippen molar-refractivity contribution in [3.8, 4) is 15.5 Å². The molecule has 0 saturated heterocycles. The first-order chi connectivity index (χ1) is 12.1. The third-order valence-electron chi connectivity index (χ3n) is 3.41. The number of para-hydroxylation sites is 1. The normalized spacial score (nSPS) is 11.9. The first-order valence-corrected chi connectivity index (χ1v) is 9.29. The Balaban J connectivity index is 1.48. The molecule has 0 aliphatic heterocycles. The van der Waals surface area contributed by atoms with Crippen molar-refractivity contribution in [1.82, 2.24) is 5.32 Å². The molecule has 2 N–H and O–H groups in total. The highest BCUT2D eigenvalue weighted by atomic mass is 32.1. The molecule has 130 valence electrons. The highest BCUT2D eigenvalue weighted by Crippen LogP contribution is 2.33. The molecule has 2 heterocycles. The Labute approximate surface area is 152 Å². The van der Waals surface area contributed by atoms with Gasteiger partial charge in [0.1, 0.15) is 6.10 Å². The number of ether oxygens (including phenoxy) is 1. The average Bonchev–Trinajstić information content (AvgIpc) is 3.30. The molecule has 0 aliphatic carbocycles. The van der Waals surface area contributed by atoms with Gasteiger partial charge in [0.15, 0.2) is 18.2 Å². The first kappa shape index (κ1) is 17.6. The Bertz CT molecular complexity index is 832. The van der Waals surface area contributed by atoms with Gasteiger partial charge in [0, 0.05) is 21.2 Å². The summed E-state index contributed by atoms with van der Waals surface area (Å²) in [6.45, 7) is -0.234. The van der Waals surface area contributed by atoms with Crippen LogP contribution < -0.4 is 10.1 Å². The molecule has 0 radical (unpaired) electrons. The lowest BCUT2D eigenvalue weighted by Crippen LogP contribution is -2.32. The van der Waals surface area contributed by atoms with E-state index in [9.17, 15) is 14.3 Å². The molecule has 0 aliphatic rings. The third-order valence-corrected chi connectivity index (χ3v) is 5.66. The highest BCUT2D eigenvalue weighted by Gasteiger charge is 2.14. The van der Waals surface area contributed by atoms with Crippen LogP contribution in [0, 0.1) is 5.82 Å². The summed E-state index contributed by atoms with van der Waals surface area (Å²) in [7, 11) is 0. The van der Waals surface area contributed by atoms with Gasteiger partial charge in [-0.2, -0.15) is 0 Å².